The summed E-state index contributed by atoms with van der Waals surface area (Å²) in [7, 11) is 1.43. The molecule has 1 saturated carbocycles. The van der Waals surface area contributed by atoms with Gasteiger partial charge in [-0.05, 0) is 30.5 Å². The Morgan fingerprint density at radius 1 is 1.23 bits per heavy atom. The van der Waals surface area contributed by atoms with E-state index in [9.17, 15) is 19.2 Å². The number of amides is 2. The van der Waals surface area contributed by atoms with Crippen LogP contribution in [0.3, 0.4) is 0 Å². The van der Waals surface area contributed by atoms with E-state index in [2.05, 4.69) is 10.6 Å². The highest BCUT2D eigenvalue weighted by atomic mass is 16.2. The summed E-state index contributed by atoms with van der Waals surface area (Å²) in [5.41, 5.74) is 0.872. The van der Waals surface area contributed by atoms with Crippen molar-refractivity contribution in [3.8, 4) is 0 Å². The highest BCUT2D eigenvalue weighted by Gasteiger charge is 2.25. The molecular formula is C19H19N3O4. The van der Waals surface area contributed by atoms with Gasteiger partial charge < -0.3 is 15.2 Å². The number of aromatic nitrogens is 1. The van der Waals surface area contributed by atoms with Crippen molar-refractivity contribution in [2.75, 3.05) is 7.05 Å². The molecule has 1 aromatic carbocycles. The molecule has 7 nitrogen and oxygen atoms in total. The molecule has 0 bridgehead atoms. The third-order valence-electron chi connectivity index (χ3n) is 4.17. The highest BCUT2D eigenvalue weighted by Crippen LogP contribution is 2.19. The van der Waals surface area contributed by atoms with E-state index in [4.69, 9.17) is 0 Å². The van der Waals surface area contributed by atoms with E-state index in [1.807, 2.05) is 0 Å². The van der Waals surface area contributed by atoms with Gasteiger partial charge in [-0.15, -0.1) is 0 Å². The van der Waals surface area contributed by atoms with Crippen LogP contribution in [0, 0.1) is 0 Å². The molecule has 2 N–H and O–H groups in total. The van der Waals surface area contributed by atoms with E-state index in [1.165, 1.54) is 23.9 Å². The summed E-state index contributed by atoms with van der Waals surface area (Å²) in [5.74, 6) is -0.862. The van der Waals surface area contributed by atoms with Gasteiger partial charge in [-0.3, -0.25) is 19.2 Å². The predicted octanol–water partition coefficient (Wildman–Crippen LogP) is 0.961. The van der Waals surface area contributed by atoms with E-state index >= 15 is 0 Å². The number of hydrogen-bond donors (Lipinski definition) is 2. The van der Waals surface area contributed by atoms with Gasteiger partial charge >= 0.3 is 0 Å². The fourth-order valence-electron chi connectivity index (χ4n) is 2.63. The topological polar surface area (TPSA) is 97.3 Å². The third-order valence-corrected chi connectivity index (χ3v) is 4.17. The van der Waals surface area contributed by atoms with Crippen molar-refractivity contribution in [1.82, 2.24) is 15.2 Å². The summed E-state index contributed by atoms with van der Waals surface area (Å²) < 4.78 is 1.32. The van der Waals surface area contributed by atoms with Gasteiger partial charge in [0.1, 0.15) is 11.8 Å². The van der Waals surface area contributed by atoms with Crippen LogP contribution in [0.2, 0.25) is 0 Å². The Morgan fingerprint density at radius 3 is 2.65 bits per heavy atom. The Balaban J connectivity index is 2.00. The van der Waals surface area contributed by atoms with Gasteiger partial charge in [0.2, 0.25) is 0 Å². The Hall–Kier alpha value is -3.22. The summed E-state index contributed by atoms with van der Waals surface area (Å²) in [6.07, 6.45) is 4.04. The Kier molecular flexibility index (Phi) is 4.97. The molecule has 134 valence electrons. The molecule has 2 amide bonds. The van der Waals surface area contributed by atoms with Crippen LogP contribution in [0.5, 0.6) is 0 Å². The standard InChI is InChI=1S/C19H19N3O4/c1-20-18(25)16-8-14(17(24)21-15-5-6-15)10-22(19(16)26)9-12-3-2-4-13(7-12)11-23/h2-4,7-8,10-11,15H,5-6,9H2,1H3,(H,20,25)(H,21,24). The molecule has 2 aromatic rings. The molecule has 3 rings (SSSR count). The zero-order chi connectivity index (χ0) is 18.7. The van der Waals surface area contributed by atoms with Crippen molar-refractivity contribution in [2.24, 2.45) is 0 Å². The van der Waals surface area contributed by atoms with Crippen LogP contribution >= 0.6 is 0 Å². The molecule has 0 atom stereocenters. The number of nitrogens with one attached hydrogen (secondary N) is 2. The first-order valence-electron chi connectivity index (χ1n) is 8.33. The Morgan fingerprint density at radius 2 is 2.00 bits per heavy atom. The minimum absolute atomic E-state index is 0.0949. The second-order valence-electron chi connectivity index (χ2n) is 6.27. The number of carbonyl (C=O) groups is 3. The first kappa shape index (κ1) is 17.6. The summed E-state index contributed by atoms with van der Waals surface area (Å²) >= 11 is 0. The summed E-state index contributed by atoms with van der Waals surface area (Å²) in [4.78, 5) is 48.0. The fraction of sp³-hybridized carbons (Fsp3) is 0.263. The number of hydrogen-bond acceptors (Lipinski definition) is 4. The van der Waals surface area contributed by atoms with Gasteiger partial charge in [0.05, 0.1) is 12.1 Å². The maximum absolute atomic E-state index is 12.6. The number of nitrogens with zero attached hydrogens (tertiary/aromatic N) is 1. The first-order chi connectivity index (χ1) is 12.5. The van der Waals surface area contributed by atoms with Crippen molar-refractivity contribution in [2.45, 2.75) is 25.4 Å². The average molecular weight is 353 g/mol. The minimum atomic E-state index is -0.550. The van der Waals surface area contributed by atoms with E-state index < -0.39 is 11.5 Å². The largest absolute Gasteiger partial charge is 0.355 e. The summed E-state index contributed by atoms with van der Waals surface area (Å²) in [6.45, 7) is 0.148. The molecule has 7 heteroatoms. The van der Waals surface area contributed by atoms with Crippen LogP contribution in [0.1, 0.15) is 49.5 Å². The van der Waals surface area contributed by atoms with Crippen LogP contribution in [0.4, 0.5) is 0 Å². The number of rotatable bonds is 6. The zero-order valence-corrected chi connectivity index (χ0v) is 14.3. The van der Waals surface area contributed by atoms with E-state index in [0.29, 0.717) is 5.56 Å². The lowest BCUT2D eigenvalue weighted by Crippen LogP contribution is -2.34. The van der Waals surface area contributed by atoms with Gasteiger partial charge in [0.15, 0.2) is 0 Å². The summed E-state index contributed by atoms with van der Waals surface area (Å²) in [6, 6.07) is 8.29. The Bertz CT molecular complexity index is 929. The van der Waals surface area contributed by atoms with Gasteiger partial charge in [-0.25, -0.2) is 0 Å². The second-order valence-corrected chi connectivity index (χ2v) is 6.27. The number of aldehydes is 1. The van der Waals surface area contributed by atoms with Crippen LogP contribution in [-0.2, 0) is 6.54 Å². The Labute approximate surface area is 150 Å². The summed E-state index contributed by atoms with van der Waals surface area (Å²) in [5, 5.41) is 5.27. The van der Waals surface area contributed by atoms with Crippen molar-refractivity contribution in [3.63, 3.8) is 0 Å². The maximum atomic E-state index is 12.6. The second kappa shape index (κ2) is 7.35. The van der Waals surface area contributed by atoms with E-state index in [-0.39, 0.29) is 29.6 Å². The number of carbonyl (C=O) groups excluding carboxylic acids is 3. The number of pyridine rings is 1. The van der Waals surface area contributed by atoms with Gasteiger partial charge in [0.25, 0.3) is 17.4 Å². The molecule has 1 heterocycles. The fourth-order valence-corrected chi connectivity index (χ4v) is 2.63. The van der Waals surface area contributed by atoms with Gasteiger partial charge in [-0.1, -0.05) is 18.2 Å². The number of benzene rings is 1. The van der Waals surface area contributed by atoms with Crippen molar-refractivity contribution in [1.29, 1.82) is 0 Å². The average Bonchev–Trinajstić information content (AvgIpc) is 3.46. The lowest BCUT2D eigenvalue weighted by atomic mass is 10.1. The third kappa shape index (κ3) is 3.88. The molecule has 0 radical (unpaired) electrons. The van der Waals surface area contributed by atoms with Crippen LogP contribution in [-0.4, -0.2) is 35.8 Å². The monoisotopic (exact) mass is 353 g/mol. The molecule has 26 heavy (non-hydrogen) atoms. The van der Waals surface area contributed by atoms with Gasteiger partial charge in [-0.2, -0.15) is 0 Å². The molecule has 1 aliphatic carbocycles. The van der Waals surface area contributed by atoms with Crippen LogP contribution in [0.15, 0.2) is 41.3 Å². The predicted molar refractivity (Wildman–Crippen MR) is 95.5 cm³/mol. The first-order valence-corrected chi connectivity index (χ1v) is 8.33. The quantitative estimate of drug-likeness (QED) is 0.756. The molecule has 0 spiro atoms. The molecule has 0 saturated heterocycles. The van der Waals surface area contributed by atoms with Gasteiger partial charge in [0, 0.05) is 24.8 Å². The molecule has 1 aromatic heterocycles. The molecule has 0 unspecified atom stereocenters. The van der Waals surface area contributed by atoms with E-state index in [1.54, 1.807) is 24.3 Å². The molecule has 1 fully saturated rings. The lowest BCUT2D eigenvalue weighted by Gasteiger charge is -2.12. The van der Waals surface area contributed by atoms with Crippen LogP contribution < -0.4 is 16.2 Å². The lowest BCUT2D eigenvalue weighted by molar-refractivity contribution is 0.0950. The van der Waals surface area contributed by atoms with Crippen molar-refractivity contribution in [3.05, 3.63) is 69.1 Å². The molecule has 1 aliphatic rings. The van der Waals surface area contributed by atoms with Crippen molar-refractivity contribution < 1.29 is 14.4 Å². The molecular weight excluding hydrogens is 334 g/mol. The van der Waals surface area contributed by atoms with Crippen LogP contribution in [0.25, 0.3) is 0 Å². The molecule has 0 aliphatic heterocycles. The van der Waals surface area contributed by atoms with Crippen molar-refractivity contribution >= 4 is 18.1 Å². The maximum Gasteiger partial charge on any atom is 0.263 e. The smallest absolute Gasteiger partial charge is 0.263 e. The zero-order valence-electron chi connectivity index (χ0n) is 14.3. The normalized spacial score (nSPS) is 13.1. The SMILES string of the molecule is CNC(=O)c1cc(C(=O)NC2CC2)cn(Cc2cccc(C=O)c2)c1=O. The highest BCUT2D eigenvalue weighted by molar-refractivity contribution is 5.99. The minimum Gasteiger partial charge on any atom is -0.355 e. The van der Waals surface area contributed by atoms with E-state index in [0.717, 1.165) is 24.7 Å².